The van der Waals surface area contributed by atoms with Gasteiger partial charge in [-0.25, -0.2) is 4.98 Å². The third kappa shape index (κ3) is 1.97. The molecule has 3 N–H and O–H groups in total. The molecule has 0 aromatic carbocycles. The Morgan fingerprint density at radius 2 is 2.19 bits per heavy atom. The minimum absolute atomic E-state index is 0.119. The van der Waals surface area contributed by atoms with Crippen LogP contribution >= 0.6 is 0 Å². The minimum Gasteiger partial charge on any atom is -0.369 e. The molecule has 1 aliphatic heterocycles. The van der Waals surface area contributed by atoms with Crippen molar-refractivity contribution in [2.45, 2.75) is 51.4 Å². The number of rotatable bonds is 2. The van der Waals surface area contributed by atoms with E-state index < -0.39 is 0 Å². The van der Waals surface area contributed by atoms with E-state index in [4.69, 9.17) is 10.5 Å². The van der Waals surface area contributed by atoms with Gasteiger partial charge in [-0.1, -0.05) is 0 Å². The van der Waals surface area contributed by atoms with Gasteiger partial charge in [0, 0.05) is 5.92 Å². The molecule has 0 aliphatic carbocycles. The topological polar surface area (TPSA) is 76.8 Å². The van der Waals surface area contributed by atoms with Crippen LogP contribution in [0, 0.1) is 5.92 Å². The van der Waals surface area contributed by atoms with Crippen molar-refractivity contribution in [3.8, 4) is 0 Å². The lowest BCUT2D eigenvalue weighted by atomic mass is 9.82. The third-order valence-electron chi connectivity index (χ3n) is 3.33. The molecule has 1 aromatic heterocycles. The van der Waals surface area contributed by atoms with E-state index in [1.165, 1.54) is 6.33 Å². The lowest BCUT2D eigenvalue weighted by molar-refractivity contribution is -0.0769. The van der Waals surface area contributed by atoms with Gasteiger partial charge in [-0.3, -0.25) is 5.10 Å². The van der Waals surface area contributed by atoms with Crippen molar-refractivity contribution in [1.82, 2.24) is 15.2 Å². The molecule has 5 nitrogen and oxygen atoms in total. The van der Waals surface area contributed by atoms with Crippen molar-refractivity contribution in [3.05, 3.63) is 12.2 Å². The van der Waals surface area contributed by atoms with Crippen LogP contribution in [-0.4, -0.2) is 26.4 Å². The Bertz CT molecular complexity index is 358. The fourth-order valence-electron chi connectivity index (χ4n) is 2.73. The zero-order valence-corrected chi connectivity index (χ0v) is 10.3. The summed E-state index contributed by atoms with van der Waals surface area (Å²) in [5.74, 6) is 0.981. The Morgan fingerprint density at radius 1 is 1.50 bits per heavy atom. The molecule has 2 atom stereocenters. The van der Waals surface area contributed by atoms with Crippen LogP contribution in [0.25, 0.3) is 0 Å². The molecule has 0 spiro atoms. The molecule has 2 heterocycles. The van der Waals surface area contributed by atoms with Crippen LogP contribution in [0.4, 0.5) is 0 Å². The summed E-state index contributed by atoms with van der Waals surface area (Å²) < 4.78 is 6.03. The SMILES string of the molecule is CC1(C)CC(C(N)c2ncn[nH]2)C(C)(C)O1. The van der Waals surface area contributed by atoms with Gasteiger partial charge < -0.3 is 10.5 Å². The number of aromatic amines is 1. The molecule has 2 rings (SSSR count). The van der Waals surface area contributed by atoms with Gasteiger partial charge in [0.15, 0.2) is 0 Å². The van der Waals surface area contributed by atoms with Crippen LogP contribution in [0.1, 0.15) is 46.0 Å². The molecule has 0 bridgehead atoms. The maximum Gasteiger partial charge on any atom is 0.141 e. The summed E-state index contributed by atoms with van der Waals surface area (Å²) in [4.78, 5) is 4.13. The Hall–Kier alpha value is -0.940. The number of nitrogens with two attached hydrogens (primary N) is 1. The standard InChI is InChI=1S/C11H20N4O/c1-10(2)5-7(11(3,4)16-10)8(12)9-13-6-14-15-9/h6-8H,5,12H2,1-4H3,(H,13,14,15). The Balaban J connectivity index is 2.22. The van der Waals surface area contributed by atoms with Crippen LogP contribution in [0.2, 0.25) is 0 Å². The van der Waals surface area contributed by atoms with Gasteiger partial charge in [0.1, 0.15) is 12.2 Å². The van der Waals surface area contributed by atoms with Gasteiger partial charge in [-0.2, -0.15) is 5.10 Å². The van der Waals surface area contributed by atoms with Crippen LogP contribution < -0.4 is 5.73 Å². The first kappa shape index (κ1) is 11.5. The molecular formula is C11H20N4O. The van der Waals surface area contributed by atoms with E-state index in [0.29, 0.717) is 0 Å². The highest BCUT2D eigenvalue weighted by Gasteiger charge is 2.49. The number of hydrogen-bond donors (Lipinski definition) is 2. The number of H-pyrrole nitrogens is 1. The quantitative estimate of drug-likeness (QED) is 0.796. The smallest absolute Gasteiger partial charge is 0.141 e. The minimum atomic E-state index is -0.226. The van der Waals surface area contributed by atoms with E-state index in [9.17, 15) is 0 Å². The number of ether oxygens (including phenoxy) is 1. The van der Waals surface area contributed by atoms with Crippen molar-refractivity contribution >= 4 is 0 Å². The summed E-state index contributed by atoms with van der Waals surface area (Å²) >= 11 is 0. The summed E-state index contributed by atoms with van der Waals surface area (Å²) in [6, 6.07) is -0.153. The van der Waals surface area contributed by atoms with Gasteiger partial charge in [0.05, 0.1) is 17.2 Å². The summed E-state index contributed by atoms with van der Waals surface area (Å²) in [5, 5.41) is 6.68. The molecule has 1 saturated heterocycles. The summed E-state index contributed by atoms with van der Waals surface area (Å²) in [5.41, 5.74) is 5.88. The van der Waals surface area contributed by atoms with Crippen LogP contribution in [0.3, 0.4) is 0 Å². The Morgan fingerprint density at radius 3 is 2.62 bits per heavy atom. The fourth-order valence-corrected chi connectivity index (χ4v) is 2.73. The highest BCUT2D eigenvalue weighted by molar-refractivity contribution is 5.04. The van der Waals surface area contributed by atoms with Gasteiger partial charge in [-0.05, 0) is 34.1 Å². The Labute approximate surface area is 95.8 Å². The molecule has 2 unspecified atom stereocenters. The Kier molecular flexibility index (Phi) is 2.55. The first-order valence-corrected chi connectivity index (χ1v) is 5.63. The molecule has 1 aromatic rings. The van der Waals surface area contributed by atoms with E-state index in [1.54, 1.807) is 0 Å². The van der Waals surface area contributed by atoms with Gasteiger partial charge in [-0.15, -0.1) is 0 Å². The normalized spacial score (nSPS) is 29.2. The second-order valence-electron chi connectivity index (χ2n) is 5.67. The summed E-state index contributed by atoms with van der Waals surface area (Å²) in [6.45, 7) is 8.37. The zero-order valence-electron chi connectivity index (χ0n) is 10.3. The molecule has 90 valence electrons. The van der Waals surface area contributed by atoms with Crippen molar-refractivity contribution < 1.29 is 4.74 Å². The van der Waals surface area contributed by atoms with Crippen LogP contribution in [0.5, 0.6) is 0 Å². The van der Waals surface area contributed by atoms with Crippen molar-refractivity contribution in [2.24, 2.45) is 11.7 Å². The molecule has 0 amide bonds. The predicted molar refractivity (Wildman–Crippen MR) is 60.7 cm³/mol. The van der Waals surface area contributed by atoms with Crippen LogP contribution in [-0.2, 0) is 4.74 Å². The number of aromatic nitrogens is 3. The predicted octanol–water partition coefficient (Wildman–Crippen LogP) is 1.40. The average molecular weight is 224 g/mol. The van der Waals surface area contributed by atoms with Gasteiger partial charge >= 0.3 is 0 Å². The van der Waals surface area contributed by atoms with Crippen LogP contribution in [0.15, 0.2) is 6.33 Å². The van der Waals surface area contributed by atoms with Crippen molar-refractivity contribution in [2.75, 3.05) is 0 Å². The molecule has 5 heteroatoms. The lowest BCUT2D eigenvalue weighted by Gasteiger charge is -2.29. The van der Waals surface area contributed by atoms with E-state index in [1.807, 2.05) is 0 Å². The first-order chi connectivity index (χ1) is 7.32. The molecule has 1 aliphatic rings. The third-order valence-corrected chi connectivity index (χ3v) is 3.33. The number of nitrogens with one attached hydrogen (secondary N) is 1. The highest BCUT2D eigenvalue weighted by atomic mass is 16.5. The fraction of sp³-hybridized carbons (Fsp3) is 0.818. The molecular weight excluding hydrogens is 204 g/mol. The number of nitrogens with zero attached hydrogens (tertiary/aromatic N) is 2. The summed E-state index contributed by atoms with van der Waals surface area (Å²) in [7, 11) is 0. The van der Waals surface area contributed by atoms with E-state index in [-0.39, 0.29) is 23.2 Å². The van der Waals surface area contributed by atoms with Gasteiger partial charge in [0.2, 0.25) is 0 Å². The van der Waals surface area contributed by atoms with E-state index >= 15 is 0 Å². The van der Waals surface area contributed by atoms with Crippen molar-refractivity contribution in [3.63, 3.8) is 0 Å². The molecule has 16 heavy (non-hydrogen) atoms. The van der Waals surface area contributed by atoms with Gasteiger partial charge in [0.25, 0.3) is 0 Å². The largest absolute Gasteiger partial charge is 0.369 e. The zero-order chi connectivity index (χ0) is 12.0. The van der Waals surface area contributed by atoms with Crippen molar-refractivity contribution in [1.29, 1.82) is 0 Å². The van der Waals surface area contributed by atoms with E-state index in [2.05, 4.69) is 42.9 Å². The lowest BCUT2D eigenvalue weighted by Crippen LogP contribution is -2.36. The highest BCUT2D eigenvalue weighted by Crippen LogP contribution is 2.46. The molecule has 1 fully saturated rings. The number of hydrogen-bond acceptors (Lipinski definition) is 4. The first-order valence-electron chi connectivity index (χ1n) is 5.63. The summed E-state index contributed by atoms with van der Waals surface area (Å²) in [6.07, 6.45) is 2.42. The second-order valence-corrected chi connectivity index (χ2v) is 5.67. The maximum atomic E-state index is 6.23. The maximum absolute atomic E-state index is 6.23. The molecule has 0 saturated carbocycles. The van der Waals surface area contributed by atoms with E-state index in [0.717, 1.165) is 12.2 Å². The monoisotopic (exact) mass is 224 g/mol. The average Bonchev–Trinajstić information content (AvgIpc) is 2.69. The molecule has 0 radical (unpaired) electrons. The second kappa shape index (κ2) is 3.53.